The summed E-state index contributed by atoms with van der Waals surface area (Å²) in [5.41, 5.74) is 2.95. The van der Waals surface area contributed by atoms with Crippen LogP contribution in [0.1, 0.15) is 37.3 Å². The second-order valence-electron chi connectivity index (χ2n) is 10.0. The number of piperidine rings is 1. The molecule has 7 nitrogen and oxygen atoms in total. The van der Waals surface area contributed by atoms with Crippen LogP contribution in [0.2, 0.25) is 5.02 Å². The summed E-state index contributed by atoms with van der Waals surface area (Å²) in [4.78, 5) is 17.7. The van der Waals surface area contributed by atoms with Gasteiger partial charge in [0.25, 0.3) is 0 Å². The molecule has 0 bridgehead atoms. The van der Waals surface area contributed by atoms with E-state index < -0.39 is 11.6 Å². The molecule has 1 aromatic carbocycles. The standard InChI is InChI=1S/C30H32ClN3O4/c1-21(33-36)20-37-27-7-2-8-28-26(27)19-22(25-6-3-15-32-29(25)38-28)5-4-16-34-17-13-30(35,14-18-34)23-9-11-24(31)12-10-23/h2-3,5-12,15,19,21,27,35H,4,13-14,16-18,20H2,1H3. The molecule has 1 aromatic heterocycles. The number of aliphatic hydroxyl groups is 1. The average molecular weight is 534 g/mol. The average Bonchev–Trinajstić information content (AvgIpc) is 3.10. The van der Waals surface area contributed by atoms with Crippen LogP contribution in [0.3, 0.4) is 0 Å². The third kappa shape index (κ3) is 5.97. The number of allylic oxidation sites excluding steroid dienone is 4. The molecule has 0 saturated carbocycles. The van der Waals surface area contributed by atoms with E-state index in [1.165, 1.54) is 0 Å². The van der Waals surface area contributed by atoms with Crippen LogP contribution in [0.4, 0.5) is 0 Å². The Kier molecular flexibility index (Phi) is 8.19. The van der Waals surface area contributed by atoms with Crippen molar-refractivity contribution in [3.8, 4) is 5.88 Å². The van der Waals surface area contributed by atoms with Crippen molar-refractivity contribution >= 4 is 17.2 Å². The van der Waals surface area contributed by atoms with Gasteiger partial charge >= 0.3 is 0 Å². The van der Waals surface area contributed by atoms with Crippen LogP contribution in [0, 0.1) is 4.91 Å². The van der Waals surface area contributed by atoms with Crippen LogP contribution in [0.5, 0.6) is 5.88 Å². The summed E-state index contributed by atoms with van der Waals surface area (Å²) >= 11 is 6.02. The maximum atomic E-state index is 11.2. The van der Waals surface area contributed by atoms with Crippen LogP contribution in [0.25, 0.3) is 5.57 Å². The zero-order valence-electron chi connectivity index (χ0n) is 21.4. The van der Waals surface area contributed by atoms with E-state index in [9.17, 15) is 10.0 Å². The number of pyridine rings is 1. The minimum Gasteiger partial charge on any atom is -0.438 e. The Morgan fingerprint density at radius 2 is 2.08 bits per heavy atom. The van der Waals surface area contributed by atoms with E-state index in [1.54, 1.807) is 13.1 Å². The summed E-state index contributed by atoms with van der Waals surface area (Å²) in [5, 5.41) is 14.9. The van der Waals surface area contributed by atoms with E-state index in [0.717, 1.165) is 48.3 Å². The molecule has 1 fully saturated rings. The lowest BCUT2D eigenvalue weighted by atomic mass is 9.84. The predicted octanol–water partition coefficient (Wildman–Crippen LogP) is 5.80. The molecular formula is C30H32ClN3O4. The van der Waals surface area contributed by atoms with E-state index in [1.807, 2.05) is 54.6 Å². The summed E-state index contributed by atoms with van der Waals surface area (Å²) < 4.78 is 12.2. The number of rotatable bonds is 8. The van der Waals surface area contributed by atoms with Gasteiger partial charge < -0.3 is 19.5 Å². The van der Waals surface area contributed by atoms with E-state index in [2.05, 4.69) is 27.2 Å². The highest BCUT2D eigenvalue weighted by atomic mass is 35.5. The molecule has 0 amide bonds. The predicted molar refractivity (Wildman–Crippen MR) is 149 cm³/mol. The number of halogens is 1. The smallest absolute Gasteiger partial charge is 0.227 e. The molecule has 5 rings (SSSR count). The lowest BCUT2D eigenvalue weighted by Crippen LogP contribution is -2.42. The quantitative estimate of drug-likeness (QED) is 0.431. The summed E-state index contributed by atoms with van der Waals surface area (Å²) in [7, 11) is 0. The van der Waals surface area contributed by atoms with Crippen molar-refractivity contribution in [2.75, 3.05) is 26.2 Å². The van der Waals surface area contributed by atoms with Crippen LogP contribution in [-0.4, -0.2) is 53.4 Å². The minimum absolute atomic E-state index is 0.227. The van der Waals surface area contributed by atoms with Gasteiger partial charge in [-0.1, -0.05) is 47.1 Å². The van der Waals surface area contributed by atoms with E-state index in [4.69, 9.17) is 21.1 Å². The van der Waals surface area contributed by atoms with Crippen molar-refractivity contribution in [3.05, 3.63) is 105 Å². The van der Waals surface area contributed by atoms with Gasteiger partial charge in [0.1, 0.15) is 17.9 Å². The highest BCUT2D eigenvalue weighted by Crippen LogP contribution is 2.37. The van der Waals surface area contributed by atoms with E-state index in [-0.39, 0.29) is 12.7 Å². The molecule has 0 spiro atoms. The fourth-order valence-corrected chi connectivity index (χ4v) is 5.18. The Hall–Kier alpha value is -3.10. The van der Waals surface area contributed by atoms with Crippen molar-refractivity contribution in [2.24, 2.45) is 5.18 Å². The first-order valence-corrected chi connectivity index (χ1v) is 13.4. The summed E-state index contributed by atoms with van der Waals surface area (Å²) in [6.45, 7) is 4.48. The van der Waals surface area contributed by atoms with Gasteiger partial charge in [-0.25, -0.2) is 4.98 Å². The number of likely N-dealkylation sites (tertiary alicyclic amines) is 1. The summed E-state index contributed by atoms with van der Waals surface area (Å²) in [6, 6.07) is 11.0. The Morgan fingerprint density at radius 1 is 1.29 bits per heavy atom. The zero-order valence-corrected chi connectivity index (χ0v) is 22.2. The van der Waals surface area contributed by atoms with Gasteiger partial charge in [-0.2, -0.15) is 4.91 Å². The van der Waals surface area contributed by atoms with E-state index in [0.29, 0.717) is 29.5 Å². The molecule has 8 heteroatoms. The van der Waals surface area contributed by atoms with Crippen LogP contribution in [-0.2, 0) is 10.3 Å². The molecule has 1 aliphatic carbocycles. The SMILES string of the molecule is CC(COC1C=CC=C2Oc3ncccc3C(=CCCN3CCC(O)(c4ccc(Cl)cc4)CC3)C=C21)N=O. The van der Waals surface area contributed by atoms with Crippen LogP contribution >= 0.6 is 11.6 Å². The molecule has 1 N–H and O–H groups in total. The maximum Gasteiger partial charge on any atom is 0.227 e. The first-order valence-electron chi connectivity index (χ1n) is 13.0. The van der Waals surface area contributed by atoms with Gasteiger partial charge in [-0.15, -0.1) is 0 Å². The normalized spacial score (nSPS) is 22.4. The van der Waals surface area contributed by atoms with Crippen LogP contribution in [0.15, 0.2) is 89.5 Å². The molecule has 38 heavy (non-hydrogen) atoms. The molecule has 2 aromatic rings. The van der Waals surface area contributed by atoms with Gasteiger partial charge in [0.05, 0.1) is 12.2 Å². The highest BCUT2D eigenvalue weighted by molar-refractivity contribution is 6.30. The number of benzene rings is 1. The molecule has 1 saturated heterocycles. The largest absolute Gasteiger partial charge is 0.438 e. The van der Waals surface area contributed by atoms with Crippen molar-refractivity contribution in [1.82, 2.24) is 9.88 Å². The van der Waals surface area contributed by atoms with Crippen molar-refractivity contribution in [3.63, 3.8) is 0 Å². The fourth-order valence-electron chi connectivity index (χ4n) is 5.06. The molecule has 2 aliphatic heterocycles. The lowest BCUT2D eigenvalue weighted by molar-refractivity contribution is -0.0254. The topological polar surface area (TPSA) is 84.2 Å². The zero-order chi connectivity index (χ0) is 26.5. The Bertz CT molecular complexity index is 1280. The van der Waals surface area contributed by atoms with Gasteiger partial charge in [0.15, 0.2) is 0 Å². The first kappa shape index (κ1) is 26.5. The van der Waals surface area contributed by atoms with Gasteiger partial charge in [-0.05, 0) is 73.7 Å². The monoisotopic (exact) mass is 533 g/mol. The number of fused-ring (bicyclic) bond motifs is 2. The number of ether oxygens (including phenoxy) is 2. The molecule has 198 valence electrons. The highest BCUT2D eigenvalue weighted by Gasteiger charge is 2.33. The molecule has 0 radical (unpaired) electrons. The summed E-state index contributed by atoms with van der Waals surface area (Å²) in [6.07, 6.45) is 13.6. The van der Waals surface area contributed by atoms with Crippen LogP contribution < -0.4 is 4.74 Å². The van der Waals surface area contributed by atoms with Gasteiger partial charge in [-0.3, -0.25) is 0 Å². The third-order valence-corrected chi connectivity index (χ3v) is 7.55. The number of hydrogen-bond acceptors (Lipinski definition) is 7. The number of nitrogens with zero attached hydrogens (tertiary/aromatic N) is 3. The van der Waals surface area contributed by atoms with Gasteiger partial charge in [0, 0.05) is 42.0 Å². The number of hydrogen-bond donors (Lipinski definition) is 1. The second-order valence-corrected chi connectivity index (χ2v) is 10.4. The number of aromatic nitrogens is 1. The molecule has 3 aliphatic rings. The minimum atomic E-state index is -0.809. The Morgan fingerprint density at radius 3 is 2.84 bits per heavy atom. The van der Waals surface area contributed by atoms with Gasteiger partial charge in [0.2, 0.25) is 5.88 Å². The third-order valence-electron chi connectivity index (χ3n) is 7.30. The maximum absolute atomic E-state index is 11.2. The first-order chi connectivity index (χ1) is 18.4. The Balaban J connectivity index is 1.29. The fraction of sp³-hybridized carbons (Fsp3) is 0.367. The van der Waals surface area contributed by atoms with Crippen molar-refractivity contribution in [2.45, 2.75) is 43.9 Å². The lowest BCUT2D eigenvalue weighted by Gasteiger charge is -2.38. The molecule has 3 heterocycles. The van der Waals surface area contributed by atoms with Crippen molar-refractivity contribution in [1.29, 1.82) is 0 Å². The molecule has 2 atom stereocenters. The molecular weight excluding hydrogens is 502 g/mol. The van der Waals surface area contributed by atoms with E-state index >= 15 is 0 Å². The number of nitroso groups, excluding NO2 is 1. The second kappa shape index (κ2) is 11.7. The van der Waals surface area contributed by atoms with Crippen molar-refractivity contribution < 1.29 is 14.6 Å². The molecule has 2 unspecified atom stereocenters. The summed E-state index contributed by atoms with van der Waals surface area (Å²) in [5.74, 6) is 1.24. The Labute approximate surface area is 228 Å².